The van der Waals surface area contributed by atoms with Crippen molar-refractivity contribution in [1.29, 1.82) is 0 Å². The van der Waals surface area contributed by atoms with Gasteiger partial charge in [0.05, 0.1) is 38.6 Å². The van der Waals surface area contributed by atoms with Gasteiger partial charge in [-0.25, -0.2) is 8.78 Å². The van der Waals surface area contributed by atoms with Crippen LogP contribution in [-0.2, 0) is 9.53 Å². The average molecular weight is 491 g/mol. The topological polar surface area (TPSA) is 88.5 Å². The summed E-state index contributed by atoms with van der Waals surface area (Å²) < 4.78 is 52.9. The number of aromatic nitrogens is 1. The number of hydrogen-bond donors (Lipinski definition) is 0. The van der Waals surface area contributed by atoms with Crippen LogP contribution >= 0.6 is 0 Å². The molecule has 1 aromatic heterocycles. The fraction of sp³-hybridized carbons (Fsp3) is 0.480. The number of esters is 1. The lowest BCUT2D eigenvalue weighted by atomic mass is 9.74. The summed E-state index contributed by atoms with van der Waals surface area (Å²) in [6.07, 6.45) is -0.944. The Hall–Kier alpha value is -3.43. The summed E-state index contributed by atoms with van der Waals surface area (Å²) in [6, 6.07) is 6.92. The number of fused-ring (bicyclic) bond motifs is 3. The molecule has 8 nitrogen and oxygen atoms in total. The van der Waals surface area contributed by atoms with Gasteiger partial charge in [0.15, 0.2) is 11.5 Å². The highest BCUT2D eigenvalue weighted by Crippen LogP contribution is 2.46. The van der Waals surface area contributed by atoms with E-state index in [9.17, 15) is 13.6 Å². The number of halogens is 2. The second-order valence-corrected chi connectivity index (χ2v) is 8.40. The van der Waals surface area contributed by atoms with E-state index in [2.05, 4.69) is 4.98 Å². The Kier molecular flexibility index (Phi) is 7.37. The first-order valence-electron chi connectivity index (χ1n) is 11.3. The van der Waals surface area contributed by atoms with Crippen molar-refractivity contribution in [3.8, 4) is 23.3 Å². The maximum atomic E-state index is 12.9. The van der Waals surface area contributed by atoms with Gasteiger partial charge in [-0.3, -0.25) is 9.79 Å². The van der Waals surface area contributed by atoms with Gasteiger partial charge in [-0.2, -0.15) is 4.98 Å². The molecule has 0 saturated heterocycles. The molecule has 3 unspecified atom stereocenters. The molecule has 35 heavy (non-hydrogen) atoms. The Balaban J connectivity index is 1.84. The molecule has 1 aromatic carbocycles. The van der Waals surface area contributed by atoms with E-state index in [1.165, 1.54) is 28.3 Å². The number of nitrogens with zero attached hydrogens (tertiary/aromatic N) is 2. The number of aliphatic imine (C=N–C) groups is 1. The van der Waals surface area contributed by atoms with Crippen molar-refractivity contribution >= 4 is 11.7 Å². The van der Waals surface area contributed by atoms with Gasteiger partial charge in [0, 0.05) is 24.5 Å². The molecule has 2 aliphatic rings. The molecule has 0 N–H and O–H groups in total. The molecule has 1 fully saturated rings. The molecule has 10 heteroatoms. The van der Waals surface area contributed by atoms with Crippen molar-refractivity contribution < 1.29 is 37.3 Å². The van der Waals surface area contributed by atoms with Crippen molar-refractivity contribution in [1.82, 2.24) is 4.98 Å². The minimum absolute atomic E-state index is 0.0936. The number of hydrogen-bond acceptors (Lipinski definition) is 8. The van der Waals surface area contributed by atoms with Crippen molar-refractivity contribution in [3.63, 3.8) is 0 Å². The van der Waals surface area contributed by atoms with Gasteiger partial charge in [-0.15, -0.1) is 0 Å². The lowest BCUT2D eigenvalue weighted by Gasteiger charge is -2.38. The molecule has 0 radical (unpaired) electrons. The van der Waals surface area contributed by atoms with E-state index in [0.29, 0.717) is 48.0 Å². The summed E-state index contributed by atoms with van der Waals surface area (Å²) in [5, 5.41) is 0. The Morgan fingerprint density at radius 3 is 2.51 bits per heavy atom. The van der Waals surface area contributed by atoms with E-state index in [1.807, 2.05) is 6.07 Å². The van der Waals surface area contributed by atoms with Crippen LogP contribution in [-0.4, -0.2) is 63.2 Å². The van der Waals surface area contributed by atoms with E-state index in [1.54, 1.807) is 18.2 Å². The SMILES string of the molecule is COc1ccc(C2=NC3CCC(OC(C)=O)CC3c3cc(OCC(F)F)c(OC)cc32)c(OC)n1. The molecule has 0 bridgehead atoms. The van der Waals surface area contributed by atoms with Crippen LogP contribution in [0, 0.1) is 0 Å². The average Bonchev–Trinajstić information content (AvgIpc) is 2.85. The molecule has 2 aromatic rings. The Labute approximate surface area is 202 Å². The smallest absolute Gasteiger partial charge is 0.302 e. The van der Waals surface area contributed by atoms with Gasteiger partial charge < -0.3 is 23.7 Å². The number of methoxy groups -OCH3 is 3. The number of benzene rings is 1. The van der Waals surface area contributed by atoms with Crippen LogP contribution in [0.4, 0.5) is 8.78 Å². The highest BCUT2D eigenvalue weighted by Gasteiger charge is 2.39. The van der Waals surface area contributed by atoms with Crippen molar-refractivity contribution in [3.05, 3.63) is 41.0 Å². The summed E-state index contributed by atoms with van der Waals surface area (Å²) in [7, 11) is 4.49. The molecule has 188 valence electrons. The van der Waals surface area contributed by atoms with Crippen LogP contribution in [0.1, 0.15) is 48.8 Å². The largest absolute Gasteiger partial charge is 0.493 e. The molecule has 2 heterocycles. The lowest BCUT2D eigenvalue weighted by Crippen LogP contribution is -2.36. The molecule has 4 rings (SSSR count). The third-order valence-electron chi connectivity index (χ3n) is 6.24. The quantitative estimate of drug-likeness (QED) is 0.513. The predicted octanol–water partition coefficient (Wildman–Crippen LogP) is 4.17. The summed E-state index contributed by atoms with van der Waals surface area (Å²) in [6.45, 7) is 0.637. The highest BCUT2D eigenvalue weighted by atomic mass is 19.3. The Morgan fingerprint density at radius 1 is 1.06 bits per heavy atom. The van der Waals surface area contributed by atoms with Crippen LogP contribution in [0.2, 0.25) is 0 Å². The molecule has 3 atom stereocenters. The predicted molar refractivity (Wildman–Crippen MR) is 123 cm³/mol. The van der Waals surface area contributed by atoms with Gasteiger partial charge in [0.2, 0.25) is 11.8 Å². The minimum Gasteiger partial charge on any atom is -0.493 e. The third kappa shape index (κ3) is 5.16. The standard InChI is InChI=1S/C25H28F2N2O6/c1-13(30)35-14-5-7-19-17(9-14)16-10-21(34-12-22(26)27)20(31-2)11-18(16)24(28-19)15-6-8-23(32-3)29-25(15)33-4/h6,8,10-11,14,17,19,22H,5,7,9,12H2,1-4H3. The van der Waals surface area contributed by atoms with Crippen molar-refractivity contribution in [2.75, 3.05) is 27.9 Å². The summed E-state index contributed by atoms with van der Waals surface area (Å²) in [5.41, 5.74) is 2.93. The van der Waals surface area contributed by atoms with Gasteiger partial charge in [-0.05, 0) is 43.0 Å². The van der Waals surface area contributed by atoms with Gasteiger partial charge in [0.25, 0.3) is 6.43 Å². The van der Waals surface area contributed by atoms with Gasteiger partial charge >= 0.3 is 5.97 Å². The molecule has 1 saturated carbocycles. The Morgan fingerprint density at radius 2 is 1.86 bits per heavy atom. The first kappa shape index (κ1) is 24.7. The van der Waals surface area contributed by atoms with E-state index in [0.717, 1.165) is 11.1 Å². The van der Waals surface area contributed by atoms with Crippen LogP contribution in [0.3, 0.4) is 0 Å². The maximum Gasteiger partial charge on any atom is 0.302 e. The lowest BCUT2D eigenvalue weighted by molar-refractivity contribution is -0.148. The summed E-state index contributed by atoms with van der Waals surface area (Å²) >= 11 is 0. The van der Waals surface area contributed by atoms with E-state index in [4.69, 9.17) is 28.7 Å². The number of rotatable bonds is 8. The van der Waals surface area contributed by atoms with E-state index in [-0.39, 0.29) is 29.8 Å². The molecular weight excluding hydrogens is 462 g/mol. The maximum absolute atomic E-state index is 12.9. The second-order valence-electron chi connectivity index (χ2n) is 8.40. The van der Waals surface area contributed by atoms with Crippen molar-refractivity contribution in [2.24, 2.45) is 4.99 Å². The van der Waals surface area contributed by atoms with Crippen LogP contribution in [0.15, 0.2) is 29.3 Å². The Bertz CT molecular complexity index is 1120. The fourth-order valence-electron chi connectivity index (χ4n) is 4.78. The van der Waals surface area contributed by atoms with Gasteiger partial charge in [-0.1, -0.05) is 0 Å². The zero-order valence-electron chi connectivity index (χ0n) is 20.0. The minimum atomic E-state index is -2.63. The summed E-state index contributed by atoms with van der Waals surface area (Å²) in [5.74, 6) is 0.847. The van der Waals surface area contributed by atoms with E-state index < -0.39 is 13.0 Å². The van der Waals surface area contributed by atoms with Crippen molar-refractivity contribution in [2.45, 2.75) is 50.7 Å². The highest BCUT2D eigenvalue weighted by molar-refractivity contribution is 6.16. The zero-order valence-corrected chi connectivity index (χ0v) is 20.0. The second kappa shape index (κ2) is 10.5. The van der Waals surface area contributed by atoms with Gasteiger partial charge in [0.1, 0.15) is 12.7 Å². The zero-order chi connectivity index (χ0) is 25.1. The molecule has 0 amide bonds. The number of ether oxygens (including phenoxy) is 5. The normalized spacial score (nSPS) is 20.9. The van der Waals surface area contributed by atoms with Crippen LogP contribution in [0.25, 0.3) is 0 Å². The van der Waals surface area contributed by atoms with Crippen LogP contribution in [0.5, 0.6) is 23.3 Å². The molecular formula is C25H28F2N2O6. The summed E-state index contributed by atoms with van der Waals surface area (Å²) in [4.78, 5) is 21.0. The monoisotopic (exact) mass is 490 g/mol. The molecule has 1 aliphatic carbocycles. The number of alkyl halides is 2. The first-order valence-corrected chi connectivity index (χ1v) is 11.3. The molecule has 0 spiro atoms. The number of pyridine rings is 1. The fourth-order valence-corrected chi connectivity index (χ4v) is 4.78. The van der Waals surface area contributed by atoms with Crippen LogP contribution < -0.4 is 18.9 Å². The first-order chi connectivity index (χ1) is 16.8. The van der Waals surface area contributed by atoms with E-state index >= 15 is 0 Å². The molecule has 1 aliphatic heterocycles. The number of carbonyl (C=O) groups excluding carboxylic acids is 1. The number of carbonyl (C=O) groups is 1. The third-order valence-corrected chi connectivity index (χ3v) is 6.24.